The Balaban J connectivity index is 1.28. The van der Waals surface area contributed by atoms with E-state index in [1.54, 1.807) is 54.6 Å². The van der Waals surface area contributed by atoms with Crippen molar-refractivity contribution >= 4 is 22.6 Å². The van der Waals surface area contributed by atoms with Gasteiger partial charge in [0.15, 0.2) is 5.43 Å². The summed E-state index contributed by atoms with van der Waals surface area (Å²) in [7, 11) is 0. The van der Waals surface area contributed by atoms with Gasteiger partial charge in [0.2, 0.25) is 0 Å². The number of ether oxygens (including phenoxy) is 1. The number of aryl methyl sites for hydroxylation is 3. The van der Waals surface area contributed by atoms with Gasteiger partial charge < -0.3 is 14.5 Å². The molecular formula is C29H23N3O4. The number of anilines is 1. The van der Waals surface area contributed by atoms with Crippen LogP contribution in [-0.2, 0) is 0 Å². The van der Waals surface area contributed by atoms with Crippen LogP contribution in [0.25, 0.3) is 22.3 Å². The van der Waals surface area contributed by atoms with Crippen LogP contribution in [0.3, 0.4) is 0 Å². The highest BCUT2D eigenvalue weighted by Crippen LogP contribution is 2.24. The molecule has 1 N–H and O–H groups in total. The highest BCUT2D eigenvalue weighted by molar-refractivity contribution is 6.04. The van der Waals surface area contributed by atoms with E-state index in [9.17, 15) is 9.59 Å². The van der Waals surface area contributed by atoms with E-state index in [0.29, 0.717) is 39.3 Å². The maximum Gasteiger partial charge on any atom is 0.322 e. The summed E-state index contributed by atoms with van der Waals surface area (Å²) in [4.78, 5) is 33.8. The average molecular weight is 478 g/mol. The lowest BCUT2D eigenvalue weighted by atomic mass is 10.1. The largest absolute Gasteiger partial charge is 0.456 e. The number of fused-ring (bicyclic) bond motifs is 1. The smallest absolute Gasteiger partial charge is 0.322 e. The van der Waals surface area contributed by atoms with E-state index in [2.05, 4.69) is 15.3 Å². The van der Waals surface area contributed by atoms with Crippen molar-refractivity contribution in [1.82, 2.24) is 9.97 Å². The molecule has 36 heavy (non-hydrogen) atoms. The predicted molar refractivity (Wildman–Crippen MR) is 139 cm³/mol. The molecule has 0 aliphatic rings. The molecule has 0 saturated heterocycles. The van der Waals surface area contributed by atoms with Crippen molar-refractivity contribution < 1.29 is 13.9 Å². The van der Waals surface area contributed by atoms with E-state index in [1.807, 2.05) is 39.0 Å². The summed E-state index contributed by atoms with van der Waals surface area (Å²) in [5.41, 5.74) is 4.87. The van der Waals surface area contributed by atoms with Crippen molar-refractivity contribution in [3.8, 4) is 23.1 Å². The number of amides is 1. The third kappa shape index (κ3) is 5.00. The van der Waals surface area contributed by atoms with Crippen molar-refractivity contribution in [1.29, 1.82) is 0 Å². The second-order valence-corrected chi connectivity index (χ2v) is 8.57. The van der Waals surface area contributed by atoms with E-state index in [4.69, 9.17) is 9.15 Å². The van der Waals surface area contributed by atoms with Crippen molar-refractivity contribution in [2.24, 2.45) is 0 Å². The van der Waals surface area contributed by atoms with Gasteiger partial charge in [0.05, 0.1) is 5.39 Å². The maximum absolute atomic E-state index is 12.7. The Morgan fingerprint density at radius 3 is 2.22 bits per heavy atom. The van der Waals surface area contributed by atoms with E-state index < -0.39 is 0 Å². The quantitative estimate of drug-likeness (QED) is 0.323. The average Bonchev–Trinajstić information content (AvgIpc) is 2.85. The fraction of sp³-hybridized carbons (Fsp3) is 0.103. The van der Waals surface area contributed by atoms with Gasteiger partial charge in [0.25, 0.3) is 5.91 Å². The topological polar surface area (TPSA) is 94.3 Å². The monoisotopic (exact) mass is 477 g/mol. The van der Waals surface area contributed by atoms with Crippen LogP contribution in [0.15, 0.2) is 88.1 Å². The minimum atomic E-state index is -0.261. The molecule has 2 heterocycles. The highest BCUT2D eigenvalue weighted by atomic mass is 16.5. The molecule has 1 amide bonds. The zero-order valence-corrected chi connectivity index (χ0v) is 20.0. The summed E-state index contributed by atoms with van der Waals surface area (Å²) in [6, 6.07) is 23.0. The molecule has 0 bridgehead atoms. The minimum Gasteiger partial charge on any atom is -0.456 e. The zero-order chi connectivity index (χ0) is 25.2. The molecule has 2 aromatic heterocycles. The fourth-order valence-electron chi connectivity index (χ4n) is 3.85. The third-order valence-corrected chi connectivity index (χ3v) is 5.60. The molecule has 0 radical (unpaired) electrons. The van der Waals surface area contributed by atoms with E-state index in [1.165, 1.54) is 6.07 Å². The summed E-state index contributed by atoms with van der Waals surface area (Å²) in [6.07, 6.45) is 0. The Kier molecular flexibility index (Phi) is 6.04. The van der Waals surface area contributed by atoms with Gasteiger partial charge in [-0.05, 0) is 75.4 Å². The van der Waals surface area contributed by atoms with Crippen LogP contribution in [0.5, 0.6) is 11.8 Å². The standard InChI is InChI=1S/C29H23N3O4/c1-17-4-13-26-24(14-17)25(33)16-27(36-26)20-5-7-21(8-6-20)28(34)32-22-9-11-23(12-10-22)35-29-30-18(2)15-19(3)31-29/h4-16H,1-3H3,(H,32,34). The number of hydrogen-bond donors (Lipinski definition) is 1. The molecule has 0 saturated carbocycles. The first-order valence-corrected chi connectivity index (χ1v) is 11.4. The third-order valence-electron chi connectivity index (χ3n) is 5.60. The second-order valence-electron chi connectivity index (χ2n) is 8.57. The molecule has 0 aliphatic carbocycles. The van der Waals surface area contributed by atoms with Crippen LogP contribution in [-0.4, -0.2) is 15.9 Å². The lowest BCUT2D eigenvalue weighted by molar-refractivity contribution is 0.102. The van der Waals surface area contributed by atoms with Gasteiger partial charge in [-0.3, -0.25) is 9.59 Å². The Morgan fingerprint density at radius 1 is 0.833 bits per heavy atom. The molecule has 0 spiro atoms. The number of hydrogen-bond acceptors (Lipinski definition) is 6. The predicted octanol–water partition coefficient (Wildman–Crippen LogP) is 6.22. The minimum absolute atomic E-state index is 0.103. The van der Waals surface area contributed by atoms with Crippen LogP contribution in [0.2, 0.25) is 0 Å². The number of carbonyl (C=O) groups excluding carboxylic acids is 1. The lowest BCUT2D eigenvalue weighted by Crippen LogP contribution is -2.11. The zero-order valence-electron chi connectivity index (χ0n) is 20.0. The summed E-state index contributed by atoms with van der Waals surface area (Å²) < 4.78 is 11.6. The van der Waals surface area contributed by atoms with Gasteiger partial charge in [-0.1, -0.05) is 23.8 Å². The molecule has 0 unspecified atom stereocenters. The summed E-state index contributed by atoms with van der Waals surface area (Å²) in [5, 5.41) is 3.41. The van der Waals surface area contributed by atoms with Gasteiger partial charge in [-0.15, -0.1) is 0 Å². The molecule has 0 atom stereocenters. The van der Waals surface area contributed by atoms with Gasteiger partial charge in [-0.2, -0.15) is 0 Å². The Morgan fingerprint density at radius 2 is 1.53 bits per heavy atom. The van der Waals surface area contributed by atoms with Crippen molar-refractivity contribution in [3.63, 3.8) is 0 Å². The number of nitrogens with zero attached hydrogens (tertiary/aromatic N) is 2. The Labute approximate surface area is 207 Å². The van der Waals surface area contributed by atoms with Crippen molar-refractivity contribution in [2.75, 3.05) is 5.32 Å². The highest BCUT2D eigenvalue weighted by Gasteiger charge is 2.11. The molecule has 5 aromatic rings. The summed E-state index contributed by atoms with van der Waals surface area (Å²) >= 11 is 0. The molecule has 3 aromatic carbocycles. The van der Waals surface area contributed by atoms with Crippen LogP contribution >= 0.6 is 0 Å². The van der Waals surface area contributed by atoms with Gasteiger partial charge in [0.1, 0.15) is 17.1 Å². The number of nitrogens with one attached hydrogen (secondary N) is 1. The van der Waals surface area contributed by atoms with Crippen molar-refractivity contribution in [3.05, 3.63) is 112 Å². The van der Waals surface area contributed by atoms with Gasteiger partial charge >= 0.3 is 6.01 Å². The molecule has 0 fully saturated rings. The first kappa shape index (κ1) is 23.0. The molecule has 7 heteroatoms. The number of carbonyl (C=O) groups is 1. The first-order valence-electron chi connectivity index (χ1n) is 11.4. The number of aromatic nitrogens is 2. The van der Waals surface area contributed by atoms with Crippen molar-refractivity contribution in [2.45, 2.75) is 20.8 Å². The van der Waals surface area contributed by atoms with Crippen LogP contribution in [0.1, 0.15) is 27.3 Å². The maximum atomic E-state index is 12.7. The van der Waals surface area contributed by atoms with Gasteiger partial charge in [0, 0.05) is 34.3 Å². The summed E-state index contributed by atoms with van der Waals surface area (Å²) in [6.45, 7) is 5.69. The van der Waals surface area contributed by atoms with Gasteiger partial charge in [-0.25, -0.2) is 9.97 Å². The lowest BCUT2D eigenvalue weighted by Gasteiger charge is -2.09. The normalized spacial score (nSPS) is 10.9. The fourth-order valence-corrected chi connectivity index (χ4v) is 3.85. The van der Waals surface area contributed by atoms with E-state index in [-0.39, 0.29) is 17.3 Å². The SMILES string of the molecule is Cc1ccc2oc(-c3ccc(C(=O)Nc4ccc(Oc5nc(C)cc(C)n5)cc4)cc3)cc(=O)c2c1. The molecule has 7 nitrogen and oxygen atoms in total. The van der Waals surface area contributed by atoms with E-state index in [0.717, 1.165) is 17.0 Å². The molecule has 0 aliphatic heterocycles. The summed E-state index contributed by atoms with van der Waals surface area (Å²) in [5.74, 6) is 0.754. The molecule has 178 valence electrons. The van der Waals surface area contributed by atoms with E-state index >= 15 is 0 Å². The second kappa shape index (κ2) is 9.46. The van der Waals surface area contributed by atoms with Crippen LogP contribution < -0.4 is 15.5 Å². The molecular weight excluding hydrogens is 454 g/mol. The Hall–Kier alpha value is -4.78. The Bertz CT molecular complexity index is 1620. The van der Waals surface area contributed by atoms with Crippen LogP contribution in [0, 0.1) is 20.8 Å². The first-order chi connectivity index (χ1) is 17.3. The van der Waals surface area contributed by atoms with Crippen LogP contribution in [0.4, 0.5) is 5.69 Å². The number of rotatable bonds is 5. The molecule has 5 rings (SSSR count). The number of benzene rings is 3.